The number of aromatic amines is 1. The molecule has 0 aliphatic carbocycles. The van der Waals surface area contributed by atoms with Gasteiger partial charge in [0, 0.05) is 50.0 Å². The number of nitrogens with two attached hydrogens (primary N) is 1. The molecule has 268 valence electrons. The van der Waals surface area contributed by atoms with Crippen LogP contribution in [0.5, 0.6) is 5.75 Å². The zero-order valence-electron chi connectivity index (χ0n) is 28.0. The maximum absolute atomic E-state index is 14.2. The Morgan fingerprint density at radius 3 is 2.44 bits per heavy atom. The average Bonchev–Trinajstić information content (AvgIpc) is 3.53. The SMILES string of the molecule is COC(=O)CC[C@H](NC(=O)CCl)C(=O)N1CCCC[C@H]1C(=O)N[C@@H](Cc1c[nH]c2ccccc12)C(=O)N(C)[C@@H](Cc1ccc(O)cc1)C(N)=O. The number of esters is 1. The molecule has 1 aromatic heterocycles. The van der Waals surface area contributed by atoms with Gasteiger partial charge in [0.1, 0.15) is 35.8 Å². The van der Waals surface area contributed by atoms with E-state index in [-0.39, 0.29) is 38.0 Å². The summed E-state index contributed by atoms with van der Waals surface area (Å²) < 4.78 is 4.70. The number of hydrogen-bond donors (Lipinski definition) is 5. The first kappa shape index (κ1) is 37.7. The van der Waals surface area contributed by atoms with Crippen molar-refractivity contribution in [3.8, 4) is 5.75 Å². The number of amides is 5. The van der Waals surface area contributed by atoms with Gasteiger partial charge in [0.25, 0.3) is 0 Å². The molecule has 3 aromatic rings. The number of hydrogen-bond acceptors (Lipinski definition) is 8. The summed E-state index contributed by atoms with van der Waals surface area (Å²) in [7, 11) is 2.65. The minimum atomic E-state index is -1.17. The van der Waals surface area contributed by atoms with Crippen molar-refractivity contribution in [2.24, 2.45) is 5.73 Å². The monoisotopic (exact) mass is 710 g/mol. The molecular weight excluding hydrogens is 668 g/mol. The van der Waals surface area contributed by atoms with E-state index < -0.39 is 65.6 Å². The number of likely N-dealkylation sites (N-methyl/N-ethyl adjacent to an activating group) is 1. The number of aromatic nitrogens is 1. The van der Waals surface area contributed by atoms with E-state index in [2.05, 4.69) is 15.6 Å². The molecule has 0 unspecified atom stereocenters. The topological polar surface area (TPSA) is 204 Å². The van der Waals surface area contributed by atoms with Gasteiger partial charge in [-0.2, -0.15) is 0 Å². The van der Waals surface area contributed by atoms with Crippen LogP contribution in [-0.4, -0.2) is 106 Å². The van der Waals surface area contributed by atoms with E-state index in [4.69, 9.17) is 22.1 Å². The van der Waals surface area contributed by atoms with Gasteiger partial charge in [-0.15, -0.1) is 11.6 Å². The van der Waals surface area contributed by atoms with Crippen molar-refractivity contribution in [1.29, 1.82) is 0 Å². The maximum Gasteiger partial charge on any atom is 0.305 e. The van der Waals surface area contributed by atoms with Crippen LogP contribution in [0.4, 0.5) is 0 Å². The molecule has 14 nitrogen and oxygen atoms in total. The Morgan fingerprint density at radius 2 is 1.76 bits per heavy atom. The van der Waals surface area contributed by atoms with E-state index in [0.717, 1.165) is 16.5 Å². The van der Waals surface area contributed by atoms with Crippen LogP contribution >= 0.6 is 11.6 Å². The van der Waals surface area contributed by atoms with Crippen LogP contribution in [0.15, 0.2) is 54.7 Å². The zero-order valence-corrected chi connectivity index (χ0v) is 28.8. The lowest BCUT2D eigenvalue weighted by molar-refractivity contribution is -0.147. The van der Waals surface area contributed by atoms with E-state index in [1.165, 1.54) is 36.1 Å². The van der Waals surface area contributed by atoms with Gasteiger partial charge < -0.3 is 41.0 Å². The Labute approximate surface area is 294 Å². The average molecular weight is 711 g/mol. The highest BCUT2D eigenvalue weighted by Gasteiger charge is 2.39. The van der Waals surface area contributed by atoms with E-state index >= 15 is 0 Å². The molecule has 0 radical (unpaired) electrons. The number of carbonyl (C=O) groups is 6. The van der Waals surface area contributed by atoms with Crippen LogP contribution in [0, 0.1) is 0 Å². The largest absolute Gasteiger partial charge is 0.508 e. The van der Waals surface area contributed by atoms with Crippen LogP contribution in [-0.2, 0) is 46.3 Å². The first-order chi connectivity index (χ1) is 23.9. The summed E-state index contributed by atoms with van der Waals surface area (Å²) in [6.07, 6.45) is 3.16. The molecule has 2 aromatic carbocycles. The van der Waals surface area contributed by atoms with Crippen molar-refractivity contribution in [3.63, 3.8) is 0 Å². The standard InChI is InChI=1S/C35H43ClN6O8/c1-41(29(32(37)46)17-21-10-12-23(43)13-11-21)34(48)27(18-22-20-38-25-8-4-3-7-24(22)25)40-33(47)28-9-5-6-16-42(28)35(49)26(39-30(44)19-36)14-15-31(45)50-2/h3-4,7-8,10-13,20,26-29,38,43H,5-6,9,14-19H2,1-2H3,(H2,37,46)(H,39,44)(H,40,47)/t26-,27-,28-,29-/m0/s1. The summed E-state index contributed by atoms with van der Waals surface area (Å²) >= 11 is 5.69. The fourth-order valence-corrected chi connectivity index (χ4v) is 6.27. The predicted molar refractivity (Wildman–Crippen MR) is 185 cm³/mol. The molecule has 1 aliphatic heterocycles. The molecule has 1 fully saturated rings. The number of fused-ring (bicyclic) bond motifs is 1. The van der Waals surface area contributed by atoms with Crippen LogP contribution in [0.1, 0.15) is 43.2 Å². The van der Waals surface area contributed by atoms with Crippen LogP contribution < -0.4 is 16.4 Å². The molecule has 2 heterocycles. The smallest absolute Gasteiger partial charge is 0.305 e. The lowest BCUT2D eigenvalue weighted by Crippen LogP contribution is -2.61. The molecule has 0 bridgehead atoms. The van der Waals surface area contributed by atoms with Gasteiger partial charge in [-0.05, 0) is 55.0 Å². The lowest BCUT2D eigenvalue weighted by Gasteiger charge is -2.38. The van der Waals surface area contributed by atoms with Crippen molar-refractivity contribution in [3.05, 3.63) is 65.9 Å². The molecule has 50 heavy (non-hydrogen) atoms. The quantitative estimate of drug-likeness (QED) is 0.115. The Bertz CT molecular complexity index is 1700. The Balaban J connectivity index is 1.62. The number of piperidine rings is 1. The number of halogens is 1. The minimum absolute atomic E-state index is 0.0433. The molecule has 1 aliphatic rings. The second-order valence-electron chi connectivity index (χ2n) is 12.3. The Kier molecular flexibility index (Phi) is 13.2. The number of nitrogens with zero attached hydrogens (tertiary/aromatic N) is 2. The first-order valence-electron chi connectivity index (χ1n) is 16.3. The highest BCUT2D eigenvalue weighted by molar-refractivity contribution is 6.27. The van der Waals surface area contributed by atoms with Crippen LogP contribution in [0.2, 0.25) is 0 Å². The van der Waals surface area contributed by atoms with Crippen molar-refractivity contribution >= 4 is 58.0 Å². The number of primary amides is 1. The number of carbonyl (C=O) groups excluding carboxylic acids is 6. The summed E-state index contributed by atoms with van der Waals surface area (Å²) in [6, 6.07) is 9.29. The van der Waals surface area contributed by atoms with Gasteiger partial charge in [-0.25, -0.2) is 0 Å². The summed E-state index contributed by atoms with van der Waals surface area (Å²) in [4.78, 5) is 84.7. The summed E-state index contributed by atoms with van der Waals surface area (Å²) in [6.45, 7) is 0.208. The van der Waals surface area contributed by atoms with Gasteiger partial charge >= 0.3 is 5.97 Å². The van der Waals surface area contributed by atoms with Crippen LogP contribution in [0.3, 0.4) is 0 Å². The highest BCUT2D eigenvalue weighted by Crippen LogP contribution is 2.23. The molecule has 6 N–H and O–H groups in total. The lowest BCUT2D eigenvalue weighted by atomic mass is 9.97. The number of alkyl halides is 1. The van der Waals surface area contributed by atoms with Crippen molar-refractivity contribution in [1.82, 2.24) is 25.4 Å². The van der Waals surface area contributed by atoms with E-state index in [1.807, 2.05) is 24.3 Å². The summed E-state index contributed by atoms with van der Waals surface area (Å²) in [5.41, 5.74) is 8.00. The molecular formula is C35H43ClN6O8. The number of ether oxygens (including phenoxy) is 1. The van der Waals surface area contributed by atoms with Crippen molar-refractivity contribution in [2.75, 3.05) is 26.6 Å². The van der Waals surface area contributed by atoms with E-state index in [9.17, 15) is 33.9 Å². The third kappa shape index (κ3) is 9.53. The number of methoxy groups -OCH3 is 1. The molecule has 0 spiro atoms. The van der Waals surface area contributed by atoms with Gasteiger partial charge in [-0.3, -0.25) is 28.8 Å². The number of rotatable bonds is 15. The Hall–Kier alpha value is -5.11. The summed E-state index contributed by atoms with van der Waals surface area (Å²) in [5, 5.41) is 15.9. The highest BCUT2D eigenvalue weighted by atomic mass is 35.5. The van der Waals surface area contributed by atoms with Gasteiger partial charge in [-0.1, -0.05) is 30.3 Å². The number of aromatic hydroxyl groups is 1. The number of H-pyrrole nitrogens is 1. The molecule has 1 saturated heterocycles. The van der Waals surface area contributed by atoms with Gasteiger partial charge in [0.05, 0.1) is 7.11 Å². The van der Waals surface area contributed by atoms with E-state index in [0.29, 0.717) is 24.8 Å². The summed E-state index contributed by atoms with van der Waals surface area (Å²) in [5.74, 6) is -4.04. The van der Waals surface area contributed by atoms with Crippen molar-refractivity contribution < 1.29 is 38.6 Å². The minimum Gasteiger partial charge on any atom is -0.508 e. The number of phenols is 1. The molecule has 4 atom stereocenters. The molecule has 5 amide bonds. The number of likely N-dealkylation sites (tertiary alicyclic amines) is 1. The predicted octanol–water partition coefficient (Wildman–Crippen LogP) is 1.51. The number of benzene rings is 2. The number of phenolic OH excluding ortho intramolecular Hbond substituents is 1. The van der Waals surface area contributed by atoms with Gasteiger partial charge in [0.2, 0.25) is 29.5 Å². The maximum atomic E-state index is 14.2. The number of para-hydroxylation sites is 1. The van der Waals surface area contributed by atoms with Crippen LogP contribution in [0.25, 0.3) is 10.9 Å². The first-order valence-corrected chi connectivity index (χ1v) is 16.9. The van der Waals surface area contributed by atoms with Crippen molar-refractivity contribution in [2.45, 2.75) is 69.1 Å². The Morgan fingerprint density at radius 1 is 1.04 bits per heavy atom. The van der Waals surface area contributed by atoms with E-state index in [1.54, 1.807) is 18.3 Å². The molecule has 4 rings (SSSR count). The second-order valence-corrected chi connectivity index (χ2v) is 12.5. The van der Waals surface area contributed by atoms with Gasteiger partial charge in [0.15, 0.2) is 0 Å². The number of nitrogens with one attached hydrogen (secondary N) is 3. The third-order valence-electron chi connectivity index (χ3n) is 8.93. The molecule has 15 heteroatoms. The fourth-order valence-electron chi connectivity index (χ4n) is 6.19. The fraction of sp³-hybridized carbons (Fsp3) is 0.429. The zero-order chi connectivity index (χ0) is 36.4. The normalized spacial score (nSPS) is 16.1. The second kappa shape index (κ2) is 17.5. The molecule has 0 saturated carbocycles. The third-order valence-corrected chi connectivity index (χ3v) is 9.17.